The summed E-state index contributed by atoms with van der Waals surface area (Å²) in [6.45, 7) is 5.70. The lowest BCUT2D eigenvalue weighted by Crippen LogP contribution is -2.19. The molecule has 0 saturated heterocycles. The van der Waals surface area contributed by atoms with E-state index in [9.17, 15) is 13.5 Å². The number of aliphatic hydroxyl groups excluding tert-OH is 1. The molecule has 1 atom stereocenters. The smallest absolute Gasteiger partial charge is 0.178 e. The molecule has 102 valence electrons. The van der Waals surface area contributed by atoms with Crippen molar-refractivity contribution in [3.05, 3.63) is 29.8 Å². The molecule has 0 bridgehead atoms. The molecule has 0 aliphatic heterocycles. The summed E-state index contributed by atoms with van der Waals surface area (Å²) in [7, 11) is -3.22. The first-order valence-electron chi connectivity index (χ1n) is 6.37. The summed E-state index contributed by atoms with van der Waals surface area (Å²) in [4.78, 5) is 0.367. The zero-order valence-electron chi connectivity index (χ0n) is 11.3. The van der Waals surface area contributed by atoms with Gasteiger partial charge in [-0.15, -0.1) is 0 Å². The number of benzene rings is 1. The first kappa shape index (κ1) is 15.2. The number of sulfone groups is 1. The average Bonchev–Trinajstić information content (AvgIpc) is 2.29. The van der Waals surface area contributed by atoms with Gasteiger partial charge in [0.1, 0.15) is 0 Å². The largest absolute Gasteiger partial charge is 0.393 e. The number of rotatable bonds is 6. The molecular weight excluding hydrogens is 248 g/mol. The van der Waals surface area contributed by atoms with Gasteiger partial charge in [0.15, 0.2) is 9.84 Å². The highest BCUT2D eigenvalue weighted by Gasteiger charge is 2.19. The van der Waals surface area contributed by atoms with Gasteiger partial charge >= 0.3 is 0 Å². The van der Waals surface area contributed by atoms with Crippen LogP contribution in [0.4, 0.5) is 0 Å². The molecule has 0 amide bonds. The predicted octanol–water partition coefficient (Wildman–Crippen LogP) is 2.43. The third-order valence-electron chi connectivity index (χ3n) is 2.98. The lowest BCUT2D eigenvalue weighted by molar-refractivity contribution is 0.125. The van der Waals surface area contributed by atoms with E-state index >= 15 is 0 Å². The van der Waals surface area contributed by atoms with Crippen LogP contribution in [0.25, 0.3) is 0 Å². The van der Waals surface area contributed by atoms with Crippen LogP contribution in [0.1, 0.15) is 32.8 Å². The Morgan fingerprint density at radius 3 is 2.39 bits per heavy atom. The fourth-order valence-corrected chi connectivity index (χ4v) is 3.41. The van der Waals surface area contributed by atoms with Crippen molar-refractivity contribution in [2.24, 2.45) is 5.92 Å². The standard InChI is InChI=1S/C14H22O3S/c1-4-9-18(16,17)14-8-6-5-7-12(14)10-13(15)11(2)3/h5-8,11,13,15H,4,9-10H2,1-3H3. The van der Waals surface area contributed by atoms with E-state index in [-0.39, 0.29) is 11.7 Å². The average molecular weight is 270 g/mol. The minimum absolute atomic E-state index is 0.118. The number of aliphatic hydroxyl groups is 1. The Morgan fingerprint density at radius 2 is 1.83 bits per heavy atom. The highest BCUT2D eigenvalue weighted by Crippen LogP contribution is 2.20. The summed E-state index contributed by atoms with van der Waals surface area (Å²) < 4.78 is 24.2. The third-order valence-corrected chi connectivity index (χ3v) is 4.99. The molecule has 0 aliphatic carbocycles. The van der Waals surface area contributed by atoms with Gasteiger partial charge in [0, 0.05) is 0 Å². The molecule has 1 N–H and O–H groups in total. The minimum Gasteiger partial charge on any atom is -0.393 e. The van der Waals surface area contributed by atoms with Crippen molar-refractivity contribution in [1.29, 1.82) is 0 Å². The SMILES string of the molecule is CCCS(=O)(=O)c1ccccc1CC(O)C(C)C. The number of hydrogen-bond acceptors (Lipinski definition) is 3. The summed E-state index contributed by atoms with van der Waals surface area (Å²) in [6.07, 6.45) is 0.475. The second-order valence-electron chi connectivity index (χ2n) is 4.94. The lowest BCUT2D eigenvalue weighted by atomic mass is 9.99. The molecule has 0 aliphatic rings. The predicted molar refractivity (Wildman–Crippen MR) is 73.3 cm³/mol. The Bertz CT molecular complexity index is 478. The highest BCUT2D eigenvalue weighted by atomic mass is 32.2. The summed E-state index contributed by atoms with van der Waals surface area (Å²) in [6, 6.07) is 6.96. The van der Waals surface area contributed by atoms with E-state index in [4.69, 9.17) is 0 Å². The van der Waals surface area contributed by atoms with Gasteiger partial charge in [0.2, 0.25) is 0 Å². The fourth-order valence-electron chi connectivity index (χ4n) is 1.82. The van der Waals surface area contributed by atoms with Crippen LogP contribution >= 0.6 is 0 Å². The van der Waals surface area contributed by atoms with Gasteiger partial charge in [-0.3, -0.25) is 0 Å². The molecule has 0 aromatic heterocycles. The molecule has 0 saturated carbocycles. The maximum absolute atomic E-state index is 12.1. The van der Waals surface area contributed by atoms with Crippen molar-refractivity contribution in [3.8, 4) is 0 Å². The van der Waals surface area contributed by atoms with Crippen molar-refractivity contribution in [1.82, 2.24) is 0 Å². The van der Waals surface area contributed by atoms with E-state index in [1.54, 1.807) is 18.2 Å². The van der Waals surface area contributed by atoms with Gasteiger partial charge in [-0.25, -0.2) is 8.42 Å². The molecule has 0 radical (unpaired) electrons. The molecule has 1 rings (SSSR count). The van der Waals surface area contributed by atoms with Crippen LogP contribution in [-0.2, 0) is 16.3 Å². The third kappa shape index (κ3) is 3.82. The number of hydrogen-bond donors (Lipinski definition) is 1. The first-order valence-corrected chi connectivity index (χ1v) is 8.02. The van der Waals surface area contributed by atoms with E-state index in [0.29, 0.717) is 23.3 Å². The summed E-state index contributed by atoms with van der Waals surface area (Å²) >= 11 is 0. The van der Waals surface area contributed by atoms with Crippen molar-refractivity contribution < 1.29 is 13.5 Å². The van der Waals surface area contributed by atoms with Crippen molar-refractivity contribution in [3.63, 3.8) is 0 Å². The maximum atomic E-state index is 12.1. The highest BCUT2D eigenvalue weighted by molar-refractivity contribution is 7.91. The van der Waals surface area contributed by atoms with Gasteiger partial charge in [-0.2, -0.15) is 0 Å². The zero-order valence-corrected chi connectivity index (χ0v) is 12.1. The Labute approximate surface area is 110 Å². The molecule has 1 aromatic rings. The Balaban J connectivity index is 3.07. The molecule has 0 heterocycles. The van der Waals surface area contributed by atoms with Crippen LogP contribution in [0.2, 0.25) is 0 Å². The van der Waals surface area contributed by atoms with Crippen LogP contribution < -0.4 is 0 Å². The molecule has 1 aromatic carbocycles. The molecule has 18 heavy (non-hydrogen) atoms. The van der Waals surface area contributed by atoms with E-state index < -0.39 is 15.9 Å². The van der Waals surface area contributed by atoms with Crippen LogP contribution in [0, 0.1) is 5.92 Å². The zero-order chi connectivity index (χ0) is 13.8. The van der Waals surface area contributed by atoms with Crippen molar-refractivity contribution in [2.75, 3.05) is 5.75 Å². The molecule has 0 spiro atoms. The molecule has 4 heteroatoms. The lowest BCUT2D eigenvalue weighted by Gasteiger charge is -2.16. The van der Waals surface area contributed by atoms with Crippen LogP contribution in [0.5, 0.6) is 0 Å². The van der Waals surface area contributed by atoms with Gasteiger partial charge in [0.05, 0.1) is 16.8 Å². The summed E-state index contributed by atoms with van der Waals surface area (Å²) in [5, 5.41) is 9.91. The van der Waals surface area contributed by atoms with Gasteiger partial charge in [-0.05, 0) is 30.4 Å². The van der Waals surface area contributed by atoms with E-state index in [0.717, 1.165) is 0 Å². The Kier molecular flexibility index (Phi) is 5.35. The quantitative estimate of drug-likeness (QED) is 0.863. The second-order valence-corrected chi connectivity index (χ2v) is 7.02. The van der Waals surface area contributed by atoms with E-state index in [1.807, 2.05) is 26.8 Å². The normalized spacial score (nSPS) is 13.8. The van der Waals surface area contributed by atoms with Crippen LogP contribution in [0.3, 0.4) is 0 Å². The summed E-state index contributed by atoms with van der Waals surface area (Å²) in [5.41, 5.74) is 0.715. The Hall–Kier alpha value is -0.870. The van der Waals surface area contributed by atoms with Crippen LogP contribution in [-0.4, -0.2) is 25.4 Å². The topological polar surface area (TPSA) is 54.4 Å². The molecule has 1 unspecified atom stereocenters. The minimum atomic E-state index is -3.22. The van der Waals surface area contributed by atoms with E-state index in [1.165, 1.54) is 0 Å². The molecular formula is C14H22O3S. The molecule has 0 fully saturated rings. The summed E-state index contributed by atoms with van der Waals surface area (Å²) in [5.74, 6) is 0.272. The first-order chi connectivity index (χ1) is 8.38. The molecule has 3 nitrogen and oxygen atoms in total. The monoisotopic (exact) mass is 270 g/mol. The van der Waals surface area contributed by atoms with Gasteiger partial charge < -0.3 is 5.11 Å². The van der Waals surface area contributed by atoms with Crippen molar-refractivity contribution >= 4 is 9.84 Å². The van der Waals surface area contributed by atoms with E-state index in [2.05, 4.69) is 0 Å². The van der Waals surface area contributed by atoms with Crippen molar-refractivity contribution in [2.45, 2.75) is 44.6 Å². The van der Waals surface area contributed by atoms with Crippen LogP contribution in [0.15, 0.2) is 29.2 Å². The van der Waals surface area contributed by atoms with Gasteiger partial charge in [0.25, 0.3) is 0 Å². The Morgan fingerprint density at radius 1 is 1.22 bits per heavy atom. The second kappa shape index (κ2) is 6.34. The fraction of sp³-hybridized carbons (Fsp3) is 0.571. The maximum Gasteiger partial charge on any atom is 0.178 e. The van der Waals surface area contributed by atoms with Gasteiger partial charge in [-0.1, -0.05) is 39.0 Å².